The monoisotopic (exact) mass is 236 g/mol. The van der Waals surface area contributed by atoms with Crippen molar-refractivity contribution in [2.75, 3.05) is 0 Å². The normalized spacial score (nSPS) is 41.8. The van der Waals surface area contributed by atoms with Crippen LogP contribution in [0.1, 0.15) is 40.0 Å². The van der Waals surface area contributed by atoms with E-state index in [0.717, 1.165) is 12.0 Å². The highest BCUT2D eigenvalue weighted by atomic mass is 16.3. The third kappa shape index (κ3) is 1.77. The van der Waals surface area contributed by atoms with Gasteiger partial charge in [-0.05, 0) is 31.8 Å². The lowest BCUT2D eigenvalue weighted by atomic mass is 9.54. The van der Waals surface area contributed by atoms with Crippen LogP contribution in [0, 0.1) is 17.3 Å². The lowest BCUT2D eigenvalue weighted by molar-refractivity contribution is -0.135. The van der Waals surface area contributed by atoms with E-state index in [-0.39, 0.29) is 28.8 Å². The number of aliphatic hydroxyl groups excluding tert-OH is 1. The van der Waals surface area contributed by atoms with E-state index >= 15 is 0 Å². The van der Waals surface area contributed by atoms with Crippen LogP contribution < -0.4 is 0 Å². The summed E-state index contributed by atoms with van der Waals surface area (Å²) in [4.78, 5) is 23.4. The van der Waals surface area contributed by atoms with E-state index in [1.54, 1.807) is 13.0 Å². The molecule has 0 heterocycles. The zero-order valence-electron chi connectivity index (χ0n) is 10.7. The Kier molecular flexibility index (Phi) is 2.98. The molecule has 3 heteroatoms. The molecular formula is C14H20O3. The highest BCUT2D eigenvalue weighted by Crippen LogP contribution is 2.53. The zero-order valence-corrected chi connectivity index (χ0v) is 10.7. The number of hydrogen-bond acceptors (Lipinski definition) is 3. The van der Waals surface area contributed by atoms with Crippen LogP contribution >= 0.6 is 0 Å². The summed E-state index contributed by atoms with van der Waals surface area (Å²) >= 11 is 0. The Morgan fingerprint density at radius 1 is 1.53 bits per heavy atom. The van der Waals surface area contributed by atoms with E-state index in [2.05, 4.69) is 0 Å². The van der Waals surface area contributed by atoms with Crippen LogP contribution in [0.15, 0.2) is 11.6 Å². The molecule has 0 bridgehead atoms. The fraction of sp³-hybridized carbons (Fsp3) is 0.714. The van der Waals surface area contributed by atoms with E-state index in [4.69, 9.17) is 0 Å². The first-order valence-corrected chi connectivity index (χ1v) is 6.29. The van der Waals surface area contributed by atoms with Gasteiger partial charge in [-0.2, -0.15) is 0 Å². The standard InChI is InChI=1S/C14H20O3/c1-8-6-11(16)7-10-4-5-12(17)13(9(2)15)14(8,10)3/h7-8,12-13,17H,4-6H2,1-3H3. The first-order chi connectivity index (χ1) is 7.87. The van der Waals surface area contributed by atoms with Crippen LogP contribution in [0.2, 0.25) is 0 Å². The second-order valence-corrected chi connectivity index (χ2v) is 5.72. The molecule has 4 unspecified atom stereocenters. The fourth-order valence-corrected chi connectivity index (χ4v) is 3.65. The third-order valence-electron chi connectivity index (χ3n) is 4.74. The van der Waals surface area contributed by atoms with Crippen molar-refractivity contribution >= 4 is 11.6 Å². The van der Waals surface area contributed by atoms with Crippen molar-refractivity contribution in [1.29, 1.82) is 0 Å². The maximum absolute atomic E-state index is 11.8. The predicted molar refractivity (Wildman–Crippen MR) is 64.4 cm³/mol. The molecule has 2 rings (SSSR count). The summed E-state index contributed by atoms with van der Waals surface area (Å²) in [6, 6.07) is 0. The number of ketones is 2. The molecule has 1 N–H and O–H groups in total. The lowest BCUT2D eigenvalue weighted by Gasteiger charge is -2.50. The van der Waals surface area contributed by atoms with Crippen LogP contribution in [-0.4, -0.2) is 22.8 Å². The van der Waals surface area contributed by atoms with Crippen molar-refractivity contribution in [3.8, 4) is 0 Å². The van der Waals surface area contributed by atoms with Crippen molar-refractivity contribution in [2.45, 2.75) is 46.1 Å². The molecule has 0 aromatic rings. The molecular weight excluding hydrogens is 216 g/mol. The van der Waals surface area contributed by atoms with Crippen LogP contribution in [0.5, 0.6) is 0 Å². The molecule has 2 aliphatic rings. The summed E-state index contributed by atoms with van der Waals surface area (Å²) in [5.74, 6) is -0.0417. The summed E-state index contributed by atoms with van der Waals surface area (Å²) in [5.41, 5.74) is 0.726. The van der Waals surface area contributed by atoms with Crippen LogP contribution in [0.25, 0.3) is 0 Å². The van der Waals surface area contributed by atoms with Gasteiger partial charge in [0, 0.05) is 11.8 Å². The van der Waals surface area contributed by atoms with Gasteiger partial charge in [0.2, 0.25) is 0 Å². The number of hydrogen-bond donors (Lipinski definition) is 1. The third-order valence-corrected chi connectivity index (χ3v) is 4.74. The fourth-order valence-electron chi connectivity index (χ4n) is 3.65. The van der Waals surface area contributed by atoms with Gasteiger partial charge in [-0.3, -0.25) is 9.59 Å². The quantitative estimate of drug-likeness (QED) is 0.756. The van der Waals surface area contributed by atoms with Crippen molar-refractivity contribution in [2.24, 2.45) is 17.3 Å². The Labute approximate surface area is 102 Å². The molecule has 0 radical (unpaired) electrons. The molecule has 0 aliphatic heterocycles. The average molecular weight is 236 g/mol. The molecule has 0 amide bonds. The summed E-state index contributed by atoms with van der Waals surface area (Å²) in [6.07, 6.45) is 2.95. The minimum absolute atomic E-state index is 0.0341. The van der Waals surface area contributed by atoms with Crippen molar-refractivity contribution in [3.05, 3.63) is 11.6 Å². The molecule has 3 nitrogen and oxygen atoms in total. The van der Waals surface area contributed by atoms with Gasteiger partial charge in [0.25, 0.3) is 0 Å². The Bertz CT molecular complexity index is 396. The predicted octanol–water partition coefficient (Wildman–Crippen LogP) is 1.89. The maximum Gasteiger partial charge on any atom is 0.155 e. The number of fused-ring (bicyclic) bond motifs is 1. The first kappa shape index (κ1) is 12.5. The van der Waals surface area contributed by atoms with Gasteiger partial charge in [0.1, 0.15) is 5.78 Å². The number of carbonyl (C=O) groups is 2. The largest absolute Gasteiger partial charge is 0.392 e. The van der Waals surface area contributed by atoms with Gasteiger partial charge in [0.05, 0.1) is 12.0 Å². The van der Waals surface area contributed by atoms with Crippen molar-refractivity contribution in [3.63, 3.8) is 0 Å². The topological polar surface area (TPSA) is 54.4 Å². The molecule has 0 saturated heterocycles. The summed E-state index contributed by atoms with van der Waals surface area (Å²) < 4.78 is 0. The molecule has 1 saturated carbocycles. The van der Waals surface area contributed by atoms with Crippen molar-refractivity contribution in [1.82, 2.24) is 0 Å². The van der Waals surface area contributed by atoms with E-state index in [0.29, 0.717) is 12.8 Å². The number of rotatable bonds is 1. The summed E-state index contributed by atoms with van der Waals surface area (Å²) in [6.45, 7) is 5.59. The number of aliphatic hydroxyl groups is 1. The Balaban J connectivity index is 2.50. The Morgan fingerprint density at radius 3 is 2.76 bits per heavy atom. The van der Waals surface area contributed by atoms with Crippen LogP contribution in [0.3, 0.4) is 0 Å². The van der Waals surface area contributed by atoms with Gasteiger partial charge in [-0.1, -0.05) is 19.4 Å². The van der Waals surface area contributed by atoms with Gasteiger partial charge < -0.3 is 5.11 Å². The van der Waals surface area contributed by atoms with Gasteiger partial charge in [-0.25, -0.2) is 0 Å². The van der Waals surface area contributed by atoms with E-state index < -0.39 is 6.10 Å². The van der Waals surface area contributed by atoms with Crippen LogP contribution in [0.4, 0.5) is 0 Å². The molecule has 17 heavy (non-hydrogen) atoms. The lowest BCUT2D eigenvalue weighted by Crippen LogP contribution is -2.51. The Hall–Kier alpha value is -0.960. The molecule has 2 aliphatic carbocycles. The smallest absolute Gasteiger partial charge is 0.155 e. The molecule has 1 fully saturated rings. The molecule has 0 aromatic heterocycles. The first-order valence-electron chi connectivity index (χ1n) is 6.29. The summed E-state index contributed by atoms with van der Waals surface area (Å²) in [5, 5.41) is 10.1. The molecule has 0 spiro atoms. The van der Waals surface area contributed by atoms with E-state index in [1.807, 2.05) is 13.8 Å². The van der Waals surface area contributed by atoms with Gasteiger partial charge in [-0.15, -0.1) is 0 Å². The SMILES string of the molecule is CC(=O)C1C(O)CCC2=CC(=O)CC(C)C21C. The number of Topliss-reactive ketones (excluding diaryl/α,β-unsaturated/α-hetero) is 1. The molecule has 94 valence electrons. The van der Waals surface area contributed by atoms with E-state index in [1.165, 1.54) is 0 Å². The van der Waals surface area contributed by atoms with E-state index in [9.17, 15) is 14.7 Å². The highest BCUT2D eigenvalue weighted by Gasteiger charge is 2.52. The highest BCUT2D eigenvalue weighted by molar-refractivity contribution is 5.93. The Morgan fingerprint density at radius 2 is 2.18 bits per heavy atom. The van der Waals surface area contributed by atoms with Gasteiger partial charge in [0.15, 0.2) is 5.78 Å². The number of allylic oxidation sites excluding steroid dienone is 2. The van der Waals surface area contributed by atoms with Gasteiger partial charge >= 0.3 is 0 Å². The number of carbonyl (C=O) groups excluding carboxylic acids is 2. The second kappa shape index (κ2) is 4.05. The summed E-state index contributed by atoms with van der Waals surface area (Å²) in [7, 11) is 0. The minimum atomic E-state index is -0.565. The minimum Gasteiger partial charge on any atom is -0.392 e. The average Bonchev–Trinajstić information content (AvgIpc) is 2.20. The second-order valence-electron chi connectivity index (χ2n) is 5.72. The molecule has 0 aromatic carbocycles. The zero-order chi connectivity index (χ0) is 12.8. The molecule has 4 atom stereocenters. The van der Waals surface area contributed by atoms with Crippen LogP contribution in [-0.2, 0) is 9.59 Å². The van der Waals surface area contributed by atoms with Crippen molar-refractivity contribution < 1.29 is 14.7 Å². The maximum atomic E-state index is 11.8.